The van der Waals surface area contributed by atoms with Crippen LogP contribution in [-0.4, -0.2) is 23.9 Å². The van der Waals surface area contributed by atoms with Crippen LogP contribution in [0.25, 0.3) is 11.0 Å². The molecule has 1 N–H and O–H groups in total. The first-order chi connectivity index (χ1) is 13.5. The van der Waals surface area contributed by atoms with Crippen LogP contribution in [0.15, 0.2) is 44.0 Å². The Morgan fingerprint density at radius 3 is 2.68 bits per heavy atom. The Bertz CT molecular complexity index is 1070. The Hall–Kier alpha value is -2.86. The molecular weight excluding hydrogens is 356 g/mol. The van der Waals surface area contributed by atoms with Crippen molar-refractivity contribution >= 4 is 22.6 Å². The van der Waals surface area contributed by atoms with Gasteiger partial charge >= 0.3 is 5.63 Å². The van der Waals surface area contributed by atoms with Gasteiger partial charge in [-0.25, -0.2) is 4.79 Å². The zero-order valence-corrected chi connectivity index (χ0v) is 16.2. The van der Waals surface area contributed by atoms with Crippen molar-refractivity contribution in [3.63, 3.8) is 0 Å². The Morgan fingerprint density at radius 1 is 1.14 bits per heavy atom. The number of fused-ring (bicyclic) bond motifs is 1. The van der Waals surface area contributed by atoms with E-state index in [1.165, 1.54) is 18.9 Å². The van der Waals surface area contributed by atoms with E-state index in [-0.39, 0.29) is 5.91 Å². The Balaban J connectivity index is 1.55. The highest BCUT2D eigenvalue weighted by Gasteiger charge is 2.20. The molecule has 4 rings (SSSR count). The van der Waals surface area contributed by atoms with Gasteiger partial charge in [0.25, 0.3) is 5.91 Å². The van der Waals surface area contributed by atoms with Crippen molar-refractivity contribution in [2.75, 3.05) is 18.4 Å². The molecule has 0 radical (unpaired) electrons. The van der Waals surface area contributed by atoms with E-state index in [2.05, 4.69) is 10.2 Å². The lowest BCUT2D eigenvalue weighted by atomic mass is 10.1. The highest BCUT2D eigenvalue weighted by molar-refractivity contribution is 6.03. The maximum Gasteiger partial charge on any atom is 0.336 e. The molecule has 0 aliphatic carbocycles. The summed E-state index contributed by atoms with van der Waals surface area (Å²) in [6, 6.07) is 8.59. The number of aryl methyl sites for hydroxylation is 2. The van der Waals surface area contributed by atoms with E-state index < -0.39 is 5.63 Å². The van der Waals surface area contributed by atoms with Gasteiger partial charge in [0.1, 0.15) is 11.3 Å². The summed E-state index contributed by atoms with van der Waals surface area (Å²) in [5.41, 5.74) is 2.52. The van der Waals surface area contributed by atoms with Crippen molar-refractivity contribution in [1.29, 1.82) is 0 Å². The van der Waals surface area contributed by atoms with Gasteiger partial charge in [-0.05, 0) is 56.6 Å². The largest absolute Gasteiger partial charge is 0.456 e. The number of carbonyl (C=O) groups is 1. The number of hydrogen-bond acceptors (Lipinski definition) is 5. The van der Waals surface area contributed by atoms with Crippen molar-refractivity contribution in [3.8, 4) is 0 Å². The fourth-order valence-electron chi connectivity index (χ4n) is 3.79. The molecule has 1 aliphatic heterocycles. The second-order valence-corrected chi connectivity index (χ2v) is 7.31. The van der Waals surface area contributed by atoms with Crippen LogP contribution in [0.1, 0.15) is 47.2 Å². The normalized spacial score (nSPS) is 14.6. The lowest BCUT2D eigenvalue weighted by Crippen LogP contribution is -2.18. The molecule has 6 nitrogen and oxygen atoms in total. The molecule has 0 saturated carbocycles. The molecular formula is C22H24N2O4. The van der Waals surface area contributed by atoms with Crippen molar-refractivity contribution < 1.29 is 13.6 Å². The molecule has 146 valence electrons. The summed E-state index contributed by atoms with van der Waals surface area (Å²) >= 11 is 0. The summed E-state index contributed by atoms with van der Waals surface area (Å²) in [5, 5.41) is 3.68. The van der Waals surface area contributed by atoms with E-state index in [4.69, 9.17) is 8.83 Å². The van der Waals surface area contributed by atoms with Gasteiger partial charge in [-0.2, -0.15) is 0 Å². The summed E-state index contributed by atoms with van der Waals surface area (Å²) in [4.78, 5) is 26.7. The molecule has 0 atom stereocenters. The molecule has 2 aromatic heterocycles. The lowest BCUT2D eigenvalue weighted by Gasteiger charge is -2.13. The second-order valence-electron chi connectivity index (χ2n) is 7.31. The SMILES string of the molecule is CCc1oc(C(=O)Nc2ccc3c(C)cc(=O)oc3c2)cc1CN1CCCC1. The minimum absolute atomic E-state index is 0.303. The van der Waals surface area contributed by atoms with Crippen LogP contribution < -0.4 is 10.9 Å². The molecule has 3 heterocycles. The van der Waals surface area contributed by atoms with E-state index in [0.717, 1.165) is 48.3 Å². The highest BCUT2D eigenvalue weighted by Crippen LogP contribution is 2.24. The number of likely N-dealkylation sites (tertiary alicyclic amines) is 1. The van der Waals surface area contributed by atoms with Gasteiger partial charge in [-0.3, -0.25) is 9.69 Å². The number of amides is 1. The van der Waals surface area contributed by atoms with E-state index in [1.54, 1.807) is 12.1 Å². The number of carbonyl (C=O) groups excluding carboxylic acids is 1. The number of anilines is 1. The Labute approximate surface area is 163 Å². The highest BCUT2D eigenvalue weighted by atomic mass is 16.4. The molecule has 1 saturated heterocycles. The van der Waals surface area contributed by atoms with Crippen LogP contribution in [0, 0.1) is 6.92 Å². The average Bonchev–Trinajstić information content (AvgIpc) is 3.31. The summed E-state index contributed by atoms with van der Waals surface area (Å²) in [6.45, 7) is 6.89. The first kappa shape index (κ1) is 18.5. The fraction of sp³-hybridized carbons (Fsp3) is 0.364. The topological polar surface area (TPSA) is 75.7 Å². The van der Waals surface area contributed by atoms with E-state index in [9.17, 15) is 9.59 Å². The van der Waals surface area contributed by atoms with Gasteiger partial charge in [-0.1, -0.05) is 6.92 Å². The second kappa shape index (κ2) is 7.64. The van der Waals surface area contributed by atoms with Crippen molar-refractivity contribution in [2.45, 2.75) is 39.7 Å². The van der Waals surface area contributed by atoms with Crippen LogP contribution in [0.2, 0.25) is 0 Å². The zero-order chi connectivity index (χ0) is 19.7. The number of hydrogen-bond donors (Lipinski definition) is 1. The predicted molar refractivity (Wildman–Crippen MR) is 108 cm³/mol. The van der Waals surface area contributed by atoms with Gasteiger partial charge in [0.2, 0.25) is 0 Å². The van der Waals surface area contributed by atoms with Gasteiger partial charge in [-0.15, -0.1) is 0 Å². The molecule has 1 aromatic carbocycles. The minimum atomic E-state index is -0.404. The van der Waals surface area contributed by atoms with Crippen LogP contribution >= 0.6 is 0 Å². The predicted octanol–water partition coefficient (Wildman–Crippen LogP) is 4.10. The third-order valence-corrected chi connectivity index (χ3v) is 5.24. The maximum absolute atomic E-state index is 12.7. The molecule has 1 aliphatic rings. The Kier molecular flexibility index (Phi) is 5.05. The minimum Gasteiger partial charge on any atom is -0.456 e. The van der Waals surface area contributed by atoms with Crippen LogP contribution in [0.4, 0.5) is 5.69 Å². The number of benzene rings is 1. The van der Waals surface area contributed by atoms with Gasteiger partial charge in [0.05, 0.1) is 0 Å². The monoisotopic (exact) mass is 380 g/mol. The molecule has 28 heavy (non-hydrogen) atoms. The number of nitrogens with one attached hydrogen (secondary N) is 1. The summed E-state index contributed by atoms with van der Waals surface area (Å²) in [6.07, 6.45) is 3.20. The quantitative estimate of drug-likeness (QED) is 0.674. The van der Waals surface area contributed by atoms with E-state index in [1.807, 2.05) is 26.0 Å². The van der Waals surface area contributed by atoms with Gasteiger partial charge < -0.3 is 14.2 Å². The summed E-state index contributed by atoms with van der Waals surface area (Å²) in [7, 11) is 0. The smallest absolute Gasteiger partial charge is 0.336 e. The number of furan rings is 1. The molecule has 3 aromatic rings. The third-order valence-electron chi connectivity index (χ3n) is 5.24. The summed E-state index contributed by atoms with van der Waals surface area (Å²) in [5.74, 6) is 0.853. The lowest BCUT2D eigenvalue weighted by molar-refractivity contribution is 0.0995. The average molecular weight is 380 g/mol. The molecule has 0 unspecified atom stereocenters. The van der Waals surface area contributed by atoms with Gasteiger partial charge in [0.15, 0.2) is 5.76 Å². The number of nitrogens with zero attached hydrogens (tertiary/aromatic N) is 1. The number of rotatable bonds is 5. The fourth-order valence-corrected chi connectivity index (χ4v) is 3.79. The first-order valence-electron chi connectivity index (χ1n) is 9.73. The molecule has 0 spiro atoms. The van der Waals surface area contributed by atoms with Crippen molar-refractivity contribution in [1.82, 2.24) is 4.90 Å². The van der Waals surface area contributed by atoms with Crippen molar-refractivity contribution in [3.05, 3.63) is 63.4 Å². The Morgan fingerprint density at radius 2 is 1.93 bits per heavy atom. The van der Waals surface area contributed by atoms with E-state index >= 15 is 0 Å². The third kappa shape index (κ3) is 3.73. The molecule has 0 bridgehead atoms. The molecule has 1 fully saturated rings. The maximum atomic E-state index is 12.7. The van der Waals surface area contributed by atoms with Gasteiger partial charge in [0, 0.05) is 41.7 Å². The zero-order valence-electron chi connectivity index (χ0n) is 16.2. The van der Waals surface area contributed by atoms with E-state index in [0.29, 0.717) is 17.0 Å². The molecule has 6 heteroatoms. The van der Waals surface area contributed by atoms with Crippen LogP contribution in [-0.2, 0) is 13.0 Å². The first-order valence-corrected chi connectivity index (χ1v) is 9.73. The standard InChI is InChI=1S/C22H24N2O4/c1-3-18-15(13-24-8-4-5-9-24)11-20(27-18)22(26)23-16-6-7-17-14(2)10-21(25)28-19(17)12-16/h6-7,10-12H,3-5,8-9,13H2,1-2H3,(H,23,26). The van der Waals surface area contributed by atoms with Crippen LogP contribution in [0.3, 0.4) is 0 Å². The van der Waals surface area contributed by atoms with Crippen LogP contribution in [0.5, 0.6) is 0 Å². The molecule has 1 amide bonds. The van der Waals surface area contributed by atoms with Crippen molar-refractivity contribution in [2.24, 2.45) is 0 Å². The summed E-state index contributed by atoms with van der Waals surface area (Å²) < 4.78 is 11.1.